The van der Waals surface area contributed by atoms with E-state index in [2.05, 4.69) is 39.0 Å². The van der Waals surface area contributed by atoms with E-state index >= 15 is 0 Å². The van der Waals surface area contributed by atoms with Gasteiger partial charge in [0.2, 0.25) is 0 Å². The zero-order chi connectivity index (χ0) is 15.9. The van der Waals surface area contributed by atoms with E-state index in [1.807, 2.05) is 18.2 Å². The van der Waals surface area contributed by atoms with Gasteiger partial charge in [0, 0.05) is 5.92 Å². The van der Waals surface area contributed by atoms with Crippen molar-refractivity contribution in [2.45, 2.75) is 50.8 Å². The van der Waals surface area contributed by atoms with E-state index in [0.717, 1.165) is 18.1 Å². The molecule has 0 saturated heterocycles. The zero-order valence-corrected chi connectivity index (χ0v) is 14.3. The SMILES string of the molecule is CC[Si](CC)(CC)C(c1ccccc1)C(C#N)CB(O)O. The quantitative estimate of drug-likeness (QED) is 0.723. The van der Waals surface area contributed by atoms with E-state index in [1.165, 1.54) is 5.56 Å². The molecule has 0 heterocycles. The summed E-state index contributed by atoms with van der Waals surface area (Å²) in [6.07, 6.45) is 0.130. The Hall–Kier alpha value is -1.09. The van der Waals surface area contributed by atoms with Crippen LogP contribution in [0.3, 0.4) is 0 Å². The van der Waals surface area contributed by atoms with Gasteiger partial charge in [-0.3, -0.25) is 0 Å². The van der Waals surface area contributed by atoms with Gasteiger partial charge in [-0.1, -0.05) is 69.2 Å². The normalized spacial score (nSPS) is 14.3. The van der Waals surface area contributed by atoms with Gasteiger partial charge in [0.15, 0.2) is 0 Å². The molecule has 1 rings (SSSR count). The summed E-state index contributed by atoms with van der Waals surface area (Å²) in [5.41, 5.74) is 1.34. The molecule has 0 aromatic heterocycles. The lowest BCUT2D eigenvalue weighted by atomic mass is 9.76. The van der Waals surface area contributed by atoms with Crippen molar-refractivity contribution in [3.63, 3.8) is 0 Å². The lowest BCUT2D eigenvalue weighted by molar-refractivity contribution is 0.394. The van der Waals surface area contributed by atoms with Gasteiger partial charge in [0.05, 0.1) is 14.1 Å². The molecule has 2 atom stereocenters. The van der Waals surface area contributed by atoms with Gasteiger partial charge in [-0.25, -0.2) is 0 Å². The Morgan fingerprint density at radius 3 is 2.00 bits per heavy atom. The fourth-order valence-electron chi connectivity index (χ4n) is 3.57. The first-order valence-electron chi connectivity index (χ1n) is 7.85. The van der Waals surface area contributed by atoms with Crippen LogP contribution in [0.15, 0.2) is 30.3 Å². The second-order valence-corrected chi connectivity index (χ2v) is 11.2. The van der Waals surface area contributed by atoms with Crippen molar-refractivity contribution in [1.29, 1.82) is 5.26 Å². The highest BCUT2D eigenvalue weighted by Crippen LogP contribution is 2.42. The molecule has 0 amide bonds. The van der Waals surface area contributed by atoms with Crippen LogP contribution in [-0.4, -0.2) is 25.2 Å². The first-order valence-corrected chi connectivity index (χ1v) is 10.5. The number of rotatable bonds is 8. The second kappa shape index (κ2) is 8.38. The minimum Gasteiger partial charge on any atom is -0.427 e. The van der Waals surface area contributed by atoms with Crippen LogP contribution in [0.4, 0.5) is 0 Å². The van der Waals surface area contributed by atoms with E-state index in [4.69, 9.17) is 0 Å². The molecular weight excluding hydrogens is 277 g/mol. The van der Waals surface area contributed by atoms with Gasteiger partial charge >= 0.3 is 7.12 Å². The van der Waals surface area contributed by atoms with Crippen LogP contribution < -0.4 is 0 Å². The Bertz CT molecular complexity index is 449. The summed E-state index contributed by atoms with van der Waals surface area (Å²) in [7, 11) is -3.10. The average Bonchev–Trinajstić information content (AvgIpc) is 2.51. The molecule has 0 bridgehead atoms. The molecule has 2 N–H and O–H groups in total. The Morgan fingerprint density at radius 1 is 1.10 bits per heavy atom. The minimum atomic E-state index is -1.68. The standard InChI is InChI=1S/C16H26BNO2Si/c1-4-21(5-2,6-3)16(14-10-8-7-9-11-14)15(13-18)12-17(19)20/h7-11,15-16,19-20H,4-6,12H2,1-3H3. The molecule has 1 aromatic rings. The first-order chi connectivity index (χ1) is 10.0. The highest BCUT2D eigenvalue weighted by molar-refractivity contribution is 6.81. The molecule has 2 unspecified atom stereocenters. The molecule has 3 nitrogen and oxygen atoms in total. The van der Waals surface area contributed by atoms with Gasteiger partial charge in [0.25, 0.3) is 0 Å². The molecule has 0 aliphatic heterocycles. The second-order valence-electron chi connectivity index (χ2n) is 5.76. The number of hydrogen-bond donors (Lipinski definition) is 2. The zero-order valence-electron chi connectivity index (χ0n) is 13.3. The summed E-state index contributed by atoms with van der Waals surface area (Å²) in [5, 5.41) is 28.3. The van der Waals surface area contributed by atoms with Crippen molar-refractivity contribution < 1.29 is 10.0 Å². The Balaban J connectivity index is 3.32. The van der Waals surface area contributed by atoms with Crippen LogP contribution in [-0.2, 0) is 0 Å². The Morgan fingerprint density at radius 2 is 1.62 bits per heavy atom. The molecular formula is C16H26BNO2Si. The summed E-state index contributed by atoms with van der Waals surface area (Å²) < 4.78 is 0. The fourth-order valence-corrected chi connectivity index (χ4v) is 8.36. The topological polar surface area (TPSA) is 64.2 Å². The third-order valence-electron chi connectivity index (χ3n) is 4.96. The van der Waals surface area contributed by atoms with Crippen LogP contribution in [0.25, 0.3) is 0 Å². The lowest BCUT2D eigenvalue weighted by Gasteiger charge is -2.40. The lowest BCUT2D eigenvalue weighted by Crippen LogP contribution is -2.44. The molecule has 0 spiro atoms. The van der Waals surface area contributed by atoms with Crippen molar-refractivity contribution >= 4 is 15.2 Å². The van der Waals surface area contributed by atoms with Gasteiger partial charge in [-0.05, 0) is 17.4 Å². The van der Waals surface area contributed by atoms with E-state index in [-0.39, 0.29) is 17.8 Å². The average molecular weight is 303 g/mol. The van der Waals surface area contributed by atoms with Crippen LogP contribution in [0.1, 0.15) is 31.9 Å². The molecule has 21 heavy (non-hydrogen) atoms. The van der Waals surface area contributed by atoms with Crippen LogP contribution in [0, 0.1) is 17.2 Å². The summed E-state index contributed by atoms with van der Waals surface area (Å²) in [5.74, 6) is -0.334. The third kappa shape index (κ3) is 4.19. The molecule has 1 aromatic carbocycles. The number of nitriles is 1. The predicted molar refractivity (Wildman–Crippen MR) is 90.5 cm³/mol. The summed E-state index contributed by atoms with van der Waals surface area (Å²) in [4.78, 5) is 0. The number of nitrogens with zero attached hydrogens (tertiary/aromatic N) is 1. The number of hydrogen-bond acceptors (Lipinski definition) is 3. The summed E-state index contributed by atoms with van der Waals surface area (Å²) in [6.45, 7) is 6.66. The van der Waals surface area contributed by atoms with E-state index in [9.17, 15) is 15.3 Å². The maximum Gasteiger partial charge on any atom is 0.452 e. The maximum absolute atomic E-state index is 9.61. The first kappa shape index (κ1) is 18.0. The van der Waals surface area contributed by atoms with E-state index in [0.29, 0.717) is 0 Å². The van der Waals surface area contributed by atoms with Crippen LogP contribution in [0.5, 0.6) is 0 Å². The van der Waals surface area contributed by atoms with Gasteiger partial charge in [-0.15, -0.1) is 0 Å². The number of benzene rings is 1. The van der Waals surface area contributed by atoms with E-state index in [1.54, 1.807) is 0 Å². The molecule has 0 saturated carbocycles. The summed E-state index contributed by atoms with van der Waals surface area (Å²) in [6, 6.07) is 15.9. The maximum atomic E-state index is 9.61. The van der Waals surface area contributed by atoms with Gasteiger partial charge in [-0.2, -0.15) is 5.26 Å². The van der Waals surface area contributed by atoms with Crippen LogP contribution in [0.2, 0.25) is 24.5 Å². The van der Waals surface area contributed by atoms with Crippen molar-refractivity contribution in [2.75, 3.05) is 0 Å². The molecule has 0 aliphatic carbocycles. The highest BCUT2D eigenvalue weighted by atomic mass is 28.3. The van der Waals surface area contributed by atoms with E-state index < -0.39 is 15.2 Å². The van der Waals surface area contributed by atoms with Crippen molar-refractivity contribution in [3.8, 4) is 6.07 Å². The van der Waals surface area contributed by atoms with Crippen molar-refractivity contribution in [1.82, 2.24) is 0 Å². The summed E-state index contributed by atoms with van der Waals surface area (Å²) >= 11 is 0. The van der Waals surface area contributed by atoms with Gasteiger partial charge < -0.3 is 10.0 Å². The fraction of sp³-hybridized carbons (Fsp3) is 0.562. The molecule has 5 heteroatoms. The van der Waals surface area contributed by atoms with Gasteiger partial charge in [0.1, 0.15) is 0 Å². The monoisotopic (exact) mass is 303 g/mol. The Kier molecular flexibility index (Phi) is 7.17. The van der Waals surface area contributed by atoms with Crippen LogP contribution >= 0.6 is 0 Å². The highest BCUT2D eigenvalue weighted by Gasteiger charge is 2.42. The largest absolute Gasteiger partial charge is 0.452 e. The predicted octanol–water partition coefficient (Wildman–Crippen LogP) is 3.43. The molecule has 0 aliphatic rings. The molecule has 0 radical (unpaired) electrons. The van der Waals surface area contributed by atoms with Crippen molar-refractivity contribution in [2.24, 2.45) is 5.92 Å². The molecule has 114 valence electrons. The minimum absolute atomic E-state index is 0.130. The Labute approximate surface area is 129 Å². The van der Waals surface area contributed by atoms with Crippen molar-refractivity contribution in [3.05, 3.63) is 35.9 Å². The molecule has 0 fully saturated rings. The third-order valence-corrected chi connectivity index (χ3v) is 11.2. The smallest absolute Gasteiger partial charge is 0.427 e.